The van der Waals surface area contributed by atoms with Crippen LogP contribution in [0.25, 0.3) is 0 Å². The second-order valence-corrected chi connectivity index (χ2v) is 2.70. The molecule has 13 heavy (non-hydrogen) atoms. The second-order valence-electron chi connectivity index (χ2n) is 2.70. The van der Waals surface area contributed by atoms with Crippen LogP contribution in [0.5, 0.6) is 0 Å². The molecule has 0 bridgehead atoms. The van der Waals surface area contributed by atoms with E-state index in [-0.39, 0.29) is 0 Å². The summed E-state index contributed by atoms with van der Waals surface area (Å²) in [6.07, 6.45) is 2.67. The van der Waals surface area contributed by atoms with Crippen LogP contribution in [0.2, 0.25) is 0 Å². The molecule has 0 spiro atoms. The Morgan fingerprint density at radius 3 is 2.85 bits per heavy atom. The van der Waals surface area contributed by atoms with Gasteiger partial charge >= 0.3 is 0 Å². The molecule has 0 N–H and O–H groups in total. The first kappa shape index (κ1) is 9.47. The third-order valence-electron chi connectivity index (χ3n) is 1.86. The Hall–Kier alpha value is -1.62. The summed E-state index contributed by atoms with van der Waals surface area (Å²) in [5, 5.41) is 8.69. The maximum atomic E-state index is 8.69. The Labute approximate surface area is 78.5 Å². The normalized spacial score (nSPS) is 10.2. The lowest BCUT2D eigenvalue weighted by molar-refractivity contribution is 1.13. The summed E-state index contributed by atoms with van der Waals surface area (Å²) in [7, 11) is 0. The average molecular weight is 172 g/mol. The van der Waals surface area contributed by atoms with Gasteiger partial charge < -0.3 is 0 Å². The molecule has 0 saturated heterocycles. The number of aliphatic imine (C=N–C) groups is 1. The Bertz CT molecular complexity index is 359. The summed E-state index contributed by atoms with van der Waals surface area (Å²) in [6, 6.07) is 7.69. The summed E-state index contributed by atoms with van der Waals surface area (Å²) in [5.41, 5.74) is 2.79. The molecule has 0 heterocycles. The van der Waals surface area contributed by atoms with E-state index in [1.54, 1.807) is 12.3 Å². The van der Waals surface area contributed by atoms with Gasteiger partial charge in [0.05, 0.1) is 17.3 Å². The zero-order valence-corrected chi connectivity index (χ0v) is 7.91. The van der Waals surface area contributed by atoms with E-state index in [1.807, 2.05) is 19.1 Å². The van der Waals surface area contributed by atoms with E-state index in [2.05, 4.69) is 18.0 Å². The van der Waals surface area contributed by atoms with Gasteiger partial charge in [-0.2, -0.15) is 5.26 Å². The van der Waals surface area contributed by atoms with Crippen molar-refractivity contribution in [1.82, 2.24) is 0 Å². The van der Waals surface area contributed by atoms with E-state index in [4.69, 9.17) is 5.26 Å². The molecule has 2 heteroatoms. The molecule has 0 aliphatic carbocycles. The topological polar surface area (TPSA) is 36.1 Å². The van der Waals surface area contributed by atoms with Crippen molar-refractivity contribution < 1.29 is 0 Å². The number of nitrogens with zero attached hydrogens (tertiary/aromatic N) is 2. The molecule has 1 aromatic carbocycles. The molecule has 0 amide bonds. The highest BCUT2D eigenvalue weighted by Crippen LogP contribution is 2.20. The standard InChI is InChI=1S/C11H12N2/c1-3-10-7-9(8-12)5-6-11(10)13-4-2/h4-7H,3H2,1-2H3/b13-4-. The fraction of sp³-hybridized carbons (Fsp3) is 0.273. The fourth-order valence-electron chi connectivity index (χ4n) is 1.20. The van der Waals surface area contributed by atoms with E-state index in [1.165, 1.54) is 0 Å². The molecule has 0 saturated carbocycles. The highest BCUT2D eigenvalue weighted by molar-refractivity contribution is 5.63. The molecule has 0 fully saturated rings. The molecular weight excluding hydrogens is 160 g/mol. The molecule has 66 valence electrons. The van der Waals surface area contributed by atoms with Gasteiger partial charge in [0.2, 0.25) is 0 Å². The first-order valence-electron chi connectivity index (χ1n) is 4.33. The summed E-state index contributed by atoms with van der Waals surface area (Å²) in [4.78, 5) is 4.22. The maximum absolute atomic E-state index is 8.69. The summed E-state index contributed by atoms with van der Waals surface area (Å²) >= 11 is 0. The van der Waals surface area contributed by atoms with E-state index in [0.29, 0.717) is 5.56 Å². The van der Waals surface area contributed by atoms with Crippen molar-refractivity contribution in [3.05, 3.63) is 29.3 Å². The molecule has 2 nitrogen and oxygen atoms in total. The van der Waals surface area contributed by atoms with E-state index < -0.39 is 0 Å². The molecule has 0 aromatic heterocycles. The van der Waals surface area contributed by atoms with Crippen LogP contribution >= 0.6 is 0 Å². The molecule has 0 radical (unpaired) electrons. The van der Waals surface area contributed by atoms with Crippen LogP contribution in [0.4, 0.5) is 5.69 Å². The van der Waals surface area contributed by atoms with Crippen molar-refractivity contribution in [2.24, 2.45) is 4.99 Å². The minimum Gasteiger partial charge on any atom is -0.261 e. The lowest BCUT2D eigenvalue weighted by Gasteiger charge is -2.01. The monoisotopic (exact) mass is 172 g/mol. The molecule has 0 aliphatic heterocycles. The smallest absolute Gasteiger partial charge is 0.0991 e. The Kier molecular flexibility index (Phi) is 3.22. The zero-order chi connectivity index (χ0) is 9.68. The first-order valence-corrected chi connectivity index (χ1v) is 4.33. The third kappa shape index (κ3) is 2.16. The van der Waals surface area contributed by atoms with Crippen LogP contribution in [-0.4, -0.2) is 6.21 Å². The van der Waals surface area contributed by atoms with E-state index >= 15 is 0 Å². The van der Waals surface area contributed by atoms with Gasteiger partial charge in [0, 0.05) is 6.21 Å². The van der Waals surface area contributed by atoms with Gasteiger partial charge in [-0.25, -0.2) is 0 Å². The van der Waals surface area contributed by atoms with Gasteiger partial charge in [-0.05, 0) is 37.1 Å². The molecule has 0 atom stereocenters. The van der Waals surface area contributed by atoms with Gasteiger partial charge in [0.1, 0.15) is 0 Å². The van der Waals surface area contributed by atoms with Crippen molar-refractivity contribution >= 4 is 11.9 Å². The minimum absolute atomic E-state index is 0.701. The van der Waals surface area contributed by atoms with Crippen molar-refractivity contribution in [2.75, 3.05) is 0 Å². The third-order valence-corrected chi connectivity index (χ3v) is 1.86. The Morgan fingerprint density at radius 1 is 1.54 bits per heavy atom. The predicted octanol–water partition coefficient (Wildman–Crippen LogP) is 2.84. The number of benzene rings is 1. The molecular formula is C11H12N2. The SMILES string of the molecule is C/C=N\c1ccc(C#N)cc1CC. The maximum Gasteiger partial charge on any atom is 0.0991 e. The van der Waals surface area contributed by atoms with Crippen molar-refractivity contribution in [2.45, 2.75) is 20.3 Å². The summed E-state index contributed by atoms with van der Waals surface area (Å²) < 4.78 is 0. The van der Waals surface area contributed by atoms with Crippen molar-refractivity contribution in [3.8, 4) is 6.07 Å². The Balaban J connectivity index is 3.17. The largest absolute Gasteiger partial charge is 0.261 e. The second kappa shape index (κ2) is 4.42. The van der Waals surface area contributed by atoms with Gasteiger partial charge in [0.25, 0.3) is 0 Å². The van der Waals surface area contributed by atoms with Gasteiger partial charge in [-0.3, -0.25) is 4.99 Å². The van der Waals surface area contributed by atoms with Crippen LogP contribution in [0.1, 0.15) is 25.0 Å². The lowest BCUT2D eigenvalue weighted by Crippen LogP contribution is -1.83. The van der Waals surface area contributed by atoms with Crippen LogP contribution in [0.15, 0.2) is 23.2 Å². The highest BCUT2D eigenvalue weighted by Gasteiger charge is 1.99. The molecule has 0 unspecified atom stereocenters. The number of aryl methyl sites for hydroxylation is 1. The molecule has 1 rings (SSSR count). The Morgan fingerprint density at radius 2 is 2.31 bits per heavy atom. The lowest BCUT2D eigenvalue weighted by atomic mass is 10.1. The van der Waals surface area contributed by atoms with Gasteiger partial charge in [0.15, 0.2) is 0 Å². The quantitative estimate of drug-likeness (QED) is 0.632. The highest BCUT2D eigenvalue weighted by atomic mass is 14.7. The minimum atomic E-state index is 0.701. The number of nitriles is 1. The van der Waals surface area contributed by atoms with Crippen LogP contribution < -0.4 is 0 Å². The van der Waals surface area contributed by atoms with Gasteiger partial charge in [-0.15, -0.1) is 0 Å². The predicted molar refractivity (Wildman–Crippen MR) is 54.4 cm³/mol. The van der Waals surface area contributed by atoms with Gasteiger partial charge in [-0.1, -0.05) is 6.92 Å². The number of hydrogen-bond acceptors (Lipinski definition) is 2. The van der Waals surface area contributed by atoms with Crippen LogP contribution in [0, 0.1) is 11.3 Å². The average Bonchev–Trinajstić information content (AvgIpc) is 2.19. The van der Waals surface area contributed by atoms with Crippen molar-refractivity contribution in [3.63, 3.8) is 0 Å². The van der Waals surface area contributed by atoms with Crippen LogP contribution in [-0.2, 0) is 6.42 Å². The molecule has 1 aromatic rings. The van der Waals surface area contributed by atoms with E-state index in [9.17, 15) is 0 Å². The van der Waals surface area contributed by atoms with E-state index in [0.717, 1.165) is 17.7 Å². The summed E-state index contributed by atoms with van der Waals surface area (Å²) in [6.45, 7) is 3.95. The van der Waals surface area contributed by atoms with Crippen molar-refractivity contribution in [1.29, 1.82) is 5.26 Å². The van der Waals surface area contributed by atoms with Crippen LogP contribution in [0.3, 0.4) is 0 Å². The number of rotatable bonds is 2. The first-order chi connectivity index (χ1) is 6.31. The zero-order valence-electron chi connectivity index (χ0n) is 7.91. The fourth-order valence-corrected chi connectivity index (χ4v) is 1.20. The molecule has 0 aliphatic rings. The number of hydrogen-bond donors (Lipinski definition) is 0. The summed E-state index contributed by atoms with van der Waals surface area (Å²) in [5.74, 6) is 0.